The van der Waals surface area contributed by atoms with Gasteiger partial charge in [-0.1, -0.05) is 32.4 Å². The SMILES string of the molecule is CC(=O)[C@@H](C)[C@H]1CC[C@H]2[C@@H]3CCC4=CC(=O)C=C[C@]4(C)[C@H]3CC[C@]12C. The molecule has 0 heterocycles. The Morgan fingerprint density at radius 1 is 1.16 bits per heavy atom. The number of hydrogen-bond donors (Lipinski definition) is 0. The molecule has 4 aliphatic carbocycles. The van der Waals surface area contributed by atoms with Gasteiger partial charge in [0.15, 0.2) is 5.78 Å². The van der Waals surface area contributed by atoms with Crippen molar-refractivity contribution >= 4 is 11.6 Å². The smallest absolute Gasteiger partial charge is 0.178 e. The molecule has 0 aromatic heterocycles. The summed E-state index contributed by atoms with van der Waals surface area (Å²) in [5.74, 6) is 3.47. The van der Waals surface area contributed by atoms with Gasteiger partial charge in [-0.3, -0.25) is 9.59 Å². The van der Waals surface area contributed by atoms with Gasteiger partial charge in [-0.25, -0.2) is 0 Å². The quantitative estimate of drug-likeness (QED) is 0.698. The van der Waals surface area contributed by atoms with Crippen molar-refractivity contribution in [1.29, 1.82) is 0 Å². The molecular formula is C23H32O2. The summed E-state index contributed by atoms with van der Waals surface area (Å²) >= 11 is 0. The molecule has 2 nitrogen and oxygen atoms in total. The lowest BCUT2D eigenvalue weighted by molar-refractivity contribution is -0.124. The fourth-order valence-electron chi connectivity index (χ4n) is 7.34. The van der Waals surface area contributed by atoms with Crippen LogP contribution in [0.2, 0.25) is 0 Å². The molecule has 2 heteroatoms. The second-order valence-electron chi connectivity index (χ2n) is 9.73. The highest BCUT2D eigenvalue weighted by atomic mass is 16.1. The summed E-state index contributed by atoms with van der Waals surface area (Å²) in [6.45, 7) is 8.78. The van der Waals surface area contributed by atoms with Gasteiger partial charge in [-0.15, -0.1) is 0 Å². The van der Waals surface area contributed by atoms with Crippen molar-refractivity contribution in [2.24, 2.45) is 40.4 Å². The average molecular weight is 341 g/mol. The third kappa shape index (κ3) is 2.35. The molecule has 4 aliphatic rings. The predicted octanol–water partition coefficient (Wildman–Crippen LogP) is 5.14. The molecule has 0 bridgehead atoms. The molecule has 4 rings (SSSR count). The molecule has 0 saturated heterocycles. The van der Waals surface area contributed by atoms with Crippen LogP contribution in [0.5, 0.6) is 0 Å². The Morgan fingerprint density at radius 2 is 1.92 bits per heavy atom. The van der Waals surface area contributed by atoms with E-state index in [1.54, 1.807) is 13.0 Å². The van der Waals surface area contributed by atoms with Gasteiger partial charge in [-0.2, -0.15) is 0 Å². The van der Waals surface area contributed by atoms with Crippen LogP contribution < -0.4 is 0 Å². The van der Waals surface area contributed by atoms with E-state index in [1.807, 2.05) is 6.08 Å². The van der Waals surface area contributed by atoms with Crippen LogP contribution in [0, 0.1) is 40.4 Å². The van der Waals surface area contributed by atoms with Crippen LogP contribution in [0.15, 0.2) is 23.8 Å². The third-order valence-corrected chi connectivity index (χ3v) is 8.87. The van der Waals surface area contributed by atoms with E-state index < -0.39 is 0 Å². The first-order valence-electron chi connectivity index (χ1n) is 10.2. The zero-order chi connectivity index (χ0) is 18.0. The second kappa shape index (κ2) is 5.66. The Hall–Kier alpha value is -1.18. The van der Waals surface area contributed by atoms with Crippen LogP contribution >= 0.6 is 0 Å². The highest BCUT2D eigenvalue weighted by molar-refractivity contribution is 6.01. The second-order valence-corrected chi connectivity index (χ2v) is 9.73. The average Bonchev–Trinajstić information content (AvgIpc) is 2.92. The van der Waals surface area contributed by atoms with Crippen molar-refractivity contribution in [2.45, 2.75) is 66.2 Å². The Kier molecular flexibility index (Phi) is 3.90. The number of carbonyl (C=O) groups excluding carboxylic acids is 2. The highest BCUT2D eigenvalue weighted by Crippen LogP contribution is 2.66. The van der Waals surface area contributed by atoms with Crippen LogP contribution in [0.4, 0.5) is 0 Å². The summed E-state index contributed by atoms with van der Waals surface area (Å²) in [6.07, 6.45) is 13.2. The van der Waals surface area contributed by atoms with E-state index in [-0.39, 0.29) is 17.1 Å². The molecule has 0 N–H and O–H groups in total. The molecule has 0 aromatic rings. The van der Waals surface area contributed by atoms with Gasteiger partial charge < -0.3 is 0 Å². The van der Waals surface area contributed by atoms with Crippen molar-refractivity contribution in [2.75, 3.05) is 0 Å². The fraction of sp³-hybridized carbons (Fsp3) is 0.739. The van der Waals surface area contributed by atoms with E-state index in [2.05, 4.69) is 26.8 Å². The van der Waals surface area contributed by atoms with Crippen LogP contribution in [0.1, 0.15) is 66.2 Å². The van der Waals surface area contributed by atoms with Gasteiger partial charge in [0.05, 0.1) is 0 Å². The standard InChI is InChI=1S/C23H32O2/c1-14(15(2)24)19-7-8-20-18-6-5-16-13-17(25)9-11-22(16,3)21(18)10-12-23(19,20)4/h9,11,13-14,18-21H,5-8,10,12H2,1-4H3/t14-,18+,19-,20+,21+,22+,23-/m1/s1. The first-order valence-corrected chi connectivity index (χ1v) is 10.2. The highest BCUT2D eigenvalue weighted by Gasteiger charge is 2.59. The molecule has 0 aliphatic heterocycles. The van der Waals surface area contributed by atoms with Gasteiger partial charge >= 0.3 is 0 Å². The first-order chi connectivity index (χ1) is 11.8. The zero-order valence-corrected chi connectivity index (χ0v) is 16.2. The van der Waals surface area contributed by atoms with E-state index >= 15 is 0 Å². The lowest BCUT2D eigenvalue weighted by Gasteiger charge is -2.57. The predicted molar refractivity (Wildman–Crippen MR) is 100.0 cm³/mol. The number of allylic oxidation sites excluding steroid dienone is 4. The molecule has 3 fully saturated rings. The molecule has 3 saturated carbocycles. The van der Waals surface area contributed by atoms with Crippen molar-refractivity contribution in [1.82, 2.24) is 0 Å². The molecule has 0 amide bonds. The van der Waals surface area contributed by atoms with Crippen LogP contribution in [0.3, 0.4) is 0 Å². The number of ketones is 2. The molecular weight excluding hydrogens is 308 g/mol. The summed E-state index contributed by atoms with van der Waals surface area (Å²) in [5.41, 5.74) is 1.79. The zero-order valence-electron chi connectivity index (χ0n) is 16.2. The fourth-order valence-corrected chi connectivity index (χ4v) is 7.34. The van der Waals surface area contributed by atoms with E-state index in [0.29, 0.717) is 23.0 Å². The summed E-state index contributed by atoms with van der Waals surface area (Å²) in [5, 5.41) is 0. The minimum Gasteiger partial charge on any atom is -0.300 e. The third-order valence-electron chi connectivity index (χ3n) is 8.87. The summed E-state index contributed by atoms with van der Waals surface area (Å²) in [6, 6.07) is 0. The van der Waals surface area contributed by atoms with E-state index in [0.717, 1.165) is 18.3 Å². The Morgan fingerprint density at radius 3 is 2.64 bits per heavy atom. The Balaban J connectivity index is 1.65. The molecule has 7 atom stereocenters. The molecule has 0 unspecified atom stereocenters. The molecule has 0 radical (unpaired) electrons. The van der Waals surface area contributed by atoms with Crippen molar-refractivity contribution in [3.8, 4) is 0 Å². The van der Waals surface area contributed by atoms with Crippen molar-refractivity contribution in [3.63, 3.8) is 0 Å². The molecule has 25 heavy (non-hydrogen) atoms. The van der Waals surface area contributed by atoms with Crippen molar-refractivity contribution < 1.29 is 9.59 Å². The summed E-state index contributed by atoms with van der Waals surface area (Å²) in [7, 11) is 0. The normalized spacial score (nSPS) is 46.7. The van der Waals surface area contributed by atoms with Gasteiger partial charge in [0, 0.05) is 11.3 Å². The maximum absolute atomic E-state index is 12.1. The van der Waals surface area contributed by atoms with Gasteiger partial charge in [0.2, 0.25) is 0 Å². The number of fused-ring (bicyclic) bond motifs is 5. The maximum atomic E-state index is 12.1. The van der Waals surface area contributed by atoms with Crippen LogP contribution in [-0.4, -0.2) is 11.6 Å². The lowest BCUT2D eigenvalue weighted by Crippen LogP contribution is -2.50. The van der Waals surface area contributed by atoms with Gasteiger partial charge in [0.1, 0.15) is 5.78 Å². The largest absolute Gasteiger partial charge is 0.300 e. The minimum atomic E-state index is 0.0857. The van der Waals surface area contributed by atoms with E-state index in [9.17, 15) is 9.59 Å². The molecule has 0 spiro atoms. The van der Waals surface area contributed by atoms with Gasteiger partial charge in [0.25, 0.3) is 0 Å². The number of carbonyl (C=O) groups is 2. The number of hydrogen-bond acceptors (Lipinski definition) is 2. The minimum absolute atomic E-state index is 0.0857. The summed E-state index contributed by atoms with van der Waals surface area (Å²) in [4.78, 5) is 23.9. The van der Waals surface area contributed by atoms with E-state index in [4.69, 9.17) is 0 Å². The molecule has 136 valence electrons. The number of rotatable bonds is 2. The van der Waals surface area contributed by atoms with Crippen LogP contribution in [-0.2, 0) is 9.59 Å². The molecule has 0 aromatic carbocycles. The summed E-state index contributed by atoms with van der Waals surface area (Å²) < 4.78 is 0. The number of Topliss-reactive ketones (excluding diaryl/α,β-unsaturated/α-hetero) is 1. The monoisotopic (exact) mass is 340 g/mol. The topological polar surface area (TPSA) is 34.1 Å². The maximum Gasteiger partial charge on any atom is 0.178 e. The van der Waals surface area contributed by atoms with Crippen LogP contribution in [0.25, 0.3) is 0 Å². The van der Waals surface area contributed by atoms with Gasteiger partial charge in [-0.05, 0) is 86.7 Å². The van der Waals surface area contributed by atoms with E-state index in [1.165, 1.54) is 37.7 Å². The first kappa shape index (κ1) is 17.2. The Bertz CT molecular complexity index is 672. The lowest BCUT2D eigenvalue weighted by atomic mass is 9.47. The Labute approximate surface area is 152 Å². The van der Waals surface area contributed by atoms with Crippen molar-refractivity contribution in [3.05, 3.63) is 23.8 Å².